The van der Waals surface area contributed by atoms with Crippen molar-refractivity contribution in [1.29, 1.82) is 0 Å². The van der Waals surface area contributed by atoms with Crippen molar-refractivity contribution < 1.29 is 14.7 Å². The highest BCUT2D eigenvalue weighted by Gasteiger charge is 2.26. The molecule has 1 amide bonds. The predicted molar refractivity (Wildman–Crippen MR) is 91.8 cm³/mol. The van der Waals surface area contributed by atoms with Crippen LogP contribution in [0.3, 0.4) is 0 Å². The first-order valence-electron chi connectivity index (χ1n) is 6.94. The minimum atomic E-state index is -1.10. The molecule has 0 bridgehead atoms. The van der Waals surface area contributed by atoms with Crippen molar-refractivity contribution >= 4 is 40.8 Å². The minimum Gasteiger partial charge on any atom is -0.478 e. The molecule has 0 radical (unpaired) electrons. The lowest BCUT2D eigenvalue weighted by molar-refractivity contribution is 0.0697. The van der Waals surface area contributed by atoms with Gasteiger partial charge in [0, 0.05) is 11.1 Å². The van der Waals surface area contributed by atoms with Crippen LogP contribution < -0.4 is 4.90 Å². The van der Waals surface area contributed by atoms with E-state index in [1.54, 1.807) is 38.1 Å². The van der Waals surface area contributed by atoms with E-state index in [1.165, 1.54) is 23.1 Å². The fourth-order valence-electron chi connectivity index (χ4n) is 2.28. The topological polar surface area (TPSA) is 57.6 Å². The normalized spacial score (nSPS) is 10.7. The number of anilines is 1. The van der Waals surface area contributed by atoms with Gasteiger partial charge in [0.15, 0.2) is 0 Å². The number of carboxylic acids is 1. The molecule has 0 heterocycles. The molecule has 120 valence electrons. The van der Waals surface area contributed by atoms with Gasteiger partial charge in [0.25, 0.3) is 5.91 Å². The van der Waals surface area contributed by atoms with Crippen molar-refractivity contribution in [2.75, 3.05) is 4.90 Å². The Bertz CT molecular complexity index is 759. The molecule has 0 saturated heterocycles. The molecule has 4 nitrogen and oxygen atoms in total. The van der Waals surface area contributed by atoms with E-state index in [-0.39, 0.29) is 28.1 Å². The molecule has 0 fully saturated rings. The maximum atomic E-state index is 12.9. The van der Waals surface area contributed by atoms with Gasteiger partial charge in [-0.15, -0.1) is 0 Å². The number of carboxylic acid groups (broad SMARTS) is 1. The molecule has 1 N–H and O–H groups in total. The van der Waals surface area contributed by atoms with Crippen molar-refractivity contribution in [3.63, 3.8) is 0 Å². The first-order chi connectivity index (χ1) is 10.8. The third-order valence-electron chi connectivity index (χ3n) is 3.29. The molecule has 0 saturated carbocycles. The van der Waals surface area contributed by atoms with Gasteiger partial charge in [0.2, 0.25) is 0 Å². The number of hydrogen-bond donors (Lipinski definition) is 1. The highest BCUT2D eigenvalue weighted by molar-refractivity contribution is 6.37. The van der Waals surface area contributed by atoms with Gasteiger partial charge >= 0.3 is 5.97 Å². The van der Waals surface area contributed by atoms with Crippen LogP contribution in [0.5, 0.6) is 0 Å². The van der Waals surface area contributed by atoms with Crippen LogP contribution >= 0.6 is 23.2 Å². The molecule has 2 aromatic rings. The molecular weight excluding hydrogens is 337 g/mol. The average Bonchev–Trinajstić information content (AvgIpc) is 2.47. The quantitative estimate of drug-likeness (QED) is 0.864. The number of hydrogen-bond acceptors (Lipinski definition) is 2. The largest absolute Gasteiger partial charge is 0.478 e. The molecule has 0 spiro atoms. The fourth-order valence-corrected chi connectivity index (χ4v) is 2.77. The molecule has 0 aliphatic carbocycles. The van der Waals surface area contributed by atoms with Gasteiger partial charge in [-0.05, 0) is 44.2 Å². The van der Waals surface area contributed by atoms with Gasteiger partial charge in [-0.25, -0.2) is 4.79 Å². The Morgan fingerprint density at radius 2 is 1.70 bits per heavy atom. The standard InChI is InChI=1S/C17H15Cl2NO3/c1-10(2)20(15-6-4-3-5-13(15)17(22)23)16(21)12-8-7-11(18)9-14(12)19/h3-10H,1-2H3,(H,22,23). The number of carbonyl (C=O) groups is 2. The summed E-state index contributed by atoms with van der Waals surface area (Å²) in [6.45, 7) is 3.61. The second kappa shape index (κ2) is 7.02. The Balaban J connectivity index is 2.55. The van der Waals surface area contributed by atoms with Crippen LogP contribution in [0.4, 0.5) is 5.69 Å². The van der Waals surface area contributed by atoms with E-state index < -0.39 is 5.97 Å². The fraction of sp³-hybridized carbons (Fsp3) is 0.176. The van der Waals surface area contributed by atoms with Gasteiger partial charge in [-0.3, -0.25) is 4.79 Å². The smallest absolute Gasteiger partial charge is 0.337 e. The number of carbonyl (C=O) groups excluding carboxylic acids is 1. The Labute approximate surface area is 144 Å². The van der Waals surface area contributed by atoms with Crippen molar-refractivity contribution in [3.05, 3.63) is 63.6 Å². The highest BCUT2D eigenvalue weighted by Crippen LogP contribution is 2.28. The molecule has 0 atom stereocenters. The zero-order valence-electron chi connectivity index (χ0n) is 12.6. The molecule has 0 unspecified atom stereocenters. The number of para-hydroxylation sites is 1. The Morgan fingerprint density at radius 3 is 2.26 bits per heavy atom. The summed E-state index contributed by atoms with van der Waals surface area (Å²) < 4.78 is 0. The summed E-state index contributed by atoms with van der Waals surface area (Å²) in [5, 5.41) is 10.0. The zero-order chi connectivity index (χ0) is 17.1. The molecular formula is C17H15Cl2NO3. The Morgan fingerprint density at radius 1 is 1.04 bits per heavy atom. The number of nitrogens with zero attached hydrogens (tertiary/aromatic N) is 1. The van der Waals surface area contributed by atoms with E-state index in [4.69, 9.17) is 23.2 Å². The van der Waals surface area contributed by atoms with Gasteiger partial charge < -0.3 is 10.0 Å². The molecule has 6 heteroatoms. The Hall–Kier alpha value is -2.04. The molecule has 0 aromatic heterocycles. The zero-order valence-corrected chi connectivity index (χ0v) is 14.1. The predicted octanol–water partition coefficient (Wildman–Crippen LogP) is 4.75. The van der Waals surface area contributed by atoms with Crippen molar-refractivity contribution in [2.45, 2.75) is 19.9 Å². The first kappa shape index (κ1) is 17.3. The second-order valence-corrected chi connectivity index (χ2v) is 6.06. The molecule has 2 rings (SSSR count). The van der Waals surface area contributed by atoms with Crippen LogP contribution in [0.25, 0.3) is 0 Å². The van der Waals surface area contributed by atoms with Crippen LogP contribution in [0.1, 0.15) is 34.6 Å². The summed E-state index contributed by atoms with van der Waals surface area (Å²) in [5.41, 5.74) is 0.649. The van der Waals surface area contributed by atoms with Gasteiger partial charge in [-0.1, -0.05) is 35.3 Å². The number of halogens is 2. The van der Waals surface area contributed by atoms with Crippen molar-refractivity contribution in [3.8, 4) is 0 Å². The van der Waals surface area contributed by atoms with Gasteiger partial charge in [0.05, 0.1) is 21.8 Å². The van der Waals surface area contributed by atoms with E-state index in [0.29, 0.717) is 10.7 Å². The van der Waals surface area contributed by atoms with Crippen LogP contribution in [0.2, 0.25) is 10.0 Å². The summed E-state index contributed by atoms with van der Waals surface area (Å²) in [6.07, 6.45) is 0. The monoisotopic (exact) mass is 351 g/mol. The average molecular weight is 352 g/mol. The number of amides is 1. The lowest BCUT2D eigenvalue weighted by Gasteiger charge is -2.28. The number of benzene rings is 2. The number of aromatic carboxylic acids is 1. The summed E-state index contributed by atoms with van der Waals surface area (Å²) >= 11 is 12.0. The van der Waals surface area contributed by atoms with E-state index in [9.17, 15) is 14.7 Å². The second-order valence-electron chi connectivity index (χ2n) is 5.22. The van der Waals surface area contributed by atoms with E-state index in [0.717, 1.165) is 0 Å². The van der Waals surface area contributed by atoms with Gasteiger partial charge in [-0.2, -0.15) is 0 Å². The van der Waals surface area contributed by atoms with Crippen LogP contribution in [0.15, 0.2) is 42.5 Å². The van der Waals surface area contributed by atoms with Crippen LogP contribution in [0, 0.1) is 0 Å². The lowest BCUT2D eigenvalue weighted by atomic mass is 10.1. The van der Waals surface area contributed by atoms with Crippen LogP contribution in [-0.2, 0) is 0 Å². The number of rotatable bonds is 4. The maximum absolute atomic E-state index is 12.9. The molecule has 0 aliphatic rings. The maximum Gasteiger partial charge on any atom is 0.337 e. The van der Waals surface area contributed by atoms with E-state index in [2.05, 4.69) is 0 Å². The summed E-state index contributed by atoms with van der Waals surface area (Å²) in [5.74, 6) is -1.48. The molecule has 2 aromatic carbocycles. The first-order valence-corrected chi connectivity index (χ1v) is 7.69. The molecule has 23 heavy (non-hydrogen) atoms. The third kappa shape index (κ3) is 3.66. The SMILES string of the molecule is CC(C)N(C(=O)c1ccc(Cl)cc1Cl)c1ccccc1C(=O)O. The van der Waals surface area contributed by atoms with Crippen molar-refractivity contribution in [1.82, 2.24) is 0 Å². The highest BCUT2D eigenvalue weighted by atomic mass is 35.5. The lowest BCUT2D eigenvalue weighted by Crippen LogP contribution is -2.38. The third-order valence-corrected chi connectivity index (χ3v) is 3.84. The van der Waals surface area contributed by atoms with Crippen molar-refractivity contribution in [2.24, 2.45) is 0 Å². The minimum absolute atomic E-state index is 0.0552. The van der Waals surface area contributed by atoms with E-state index in [1.807, 2.05) is 0 Å². The van der Waals surface area contributed by atoms with Crippen LogP contribution in [-0.4, -0.2) is 23.0 Å². The van der Waals surface area contributed by atoms with Gasteiger partial charge in [0.1, 0.15) is 0 Å². The summed E-state index contributed by atoms with van der Waals surface area (Å²) in [4.78, 5) is 25.8. The summed E-state index contributed by atoms with van der Waals surface area (Å²) in [6, 6.07) is 10.7. The van der Waals surface area contributed by atoms with E-state index >= 15 is 0 Å². The summed E-state index contributed by atoms with van der Waals surface area (Å²) in [7, 11) is 0. The molecule has 0 aliphatic heterocycles. The Kier molecular flexibility index (Phi) is 5.29.